The van der Waals surface area contributed by atoms with Crippen LogP contribution in [0, 0.1) is 5.92 Å². The van der Waals surface area contributed by atoms with Crippen LogP contribution in [0.5, 0.6) is 0 Å². The van der Waals surface area contributed by atoms with E-state index in [4.69, 9.17) is 9.63 Å². The third-order valence-electron chi connectivity index (χ3n) is 4.00. The topological polar surface area (TPSA) is 129 Å². The standard InChI is InChI=1S/C14H23N3O5/c1-2-10-16-12(22-17-10)5-3-4-11(19)15-9-6-8(7-18)13(20)14(9)21/h8-9,13-14,18,20-21H,2-7H2,1H3,(H,15,19)/t8-,9-,13-,14+/m1/s1. The first-order chi connectivity index (χ1) is 10.5. The molecule has 1 aromatic heterocycles. The molecule has 8 heteroatoms. The molecule has 1 aliphatic carbocycles. The Labute approximate surface area is 128 Å². The average Bonchev–Trinajstić information content (AvgIpc) is 3.07. The first-order valence-corrected chi connectivity index (χ1v) is 7.63. The largest absolute Gasteiger partial charge is 0.396 e. The molecule has 4 N–H and O–H groups in total. The van der Waals surface area contributed by atoms with Crippen molar-refractivity contribution >= 4 is 5.91 Å². The van der Waals surface area contributed by atoms with Gasteiger partial charge in [-0.3, -0.25) is 4.79 Å². The Kier molecular flexibility index (Phi) is 5.87. The first-order valence-electron chi connectivity index (χ1n) is 7.63. The molecule has 124 valence electrons. The number of rotatable bonds is 7. The zero-order chi connectivity index (χ0) is 16.1. The minimum atomic E-state index is -1.04. The Hall–Kier alpha value is -1.51. The van der Waals surface area contributed by atoms with Gasteiger partial charge in [-0.25, -0.2) is 0 Å². The molecule has 0 spiro atoms. The quantitative estimate of drug-likeness (QED) is 0.517. The van der Waals surface area contributed by atoms with E-state index < -0.39 is 24.2 Å². The van der Waals surface area contributed by atoms with E-state index in [-0.39, 0.29) is 18.9 Å². The highest BCUT2D eigenvalue weighted by Crippen LogP contribution is 2.26. The van der Waals surface area contributed by atoms with E-state index in [1.807, 2.05) is 6.92 Å². The number of hydrogen-bond acceptors (Lipinski definition) is 7. The molecule has 0 aliphatic heterocycles. The van der Waals surface area contributed by atoms with Gasteiger partial charge in [0.2, 0.25) is 11.8 Å². The fraction of sp³-hybridized carbons (Fsp3) is 0.786. The Balaban J connectivity index is 1.72. The van der Waals surface area contributed by atoms with Gasteiger partial charge in [0.1, 0.15) is 6.10 Å². The number of nitrogens with zero attached hydrogens (tertiary/aromatic N) is 2. The molecule has 0 aromatic carbocycles. The third kappa shape index (κ3) is 4.02. The van der Waals surface area contributed by atoms with Crippen LogP contribution in [-0.2, 0) is 17.6 Å². The summed E-state index contributed by atoms with van der Waals surface area (Å²) in [5.41, 5.74) is 0. The lowest BCUT2D eigenvalue weighted by Gasteiger charge is -2.17. The fourth-order valence-corrected chi connectivity index (χ4v) is 2.66. The zero-order valence-electron chi connectivity index (χ0n) is 12.6. The molecule has 8 nitrogen and oxygen atoms in total. The van der Waals surface area contributed by atoms with Crippen LogP contribution in [0.15, 0.2) is 4.52 Å². The molecule has 1 aliphatic rings. The molecule has 0 saturated heterocycles. The van der Waals surface area contributed by atoms with Crippen LogP contribution in [0.1, 0.15) is 37.9 Å². The van der Waals surface area contributed by atoms with Crippen LogP contribution in [0.25, 0.3) is 0 Å². The first kappa shape index (κ1) is 16.9. The summed E-state index contributed by atoms with van der Waals surface area (Å²) >= 11 is 0. The molecule has 1 aromatic rings. The summed E-state index contributed by atoms with van der Waals surface area (Å²) in [6, 6.07) is -0.519. The van der Waals surface area contributed by atoms with Gasteiger partial charge in [-0.1, -0.05) is 12.1 Å². The number of aliphatic hydroxyl groups is 3. The second-order valence-electron chi connectivity index (χ2n) is 5.64. The normalized spacial score (nSPS) is 28.0. The molecule has 1 fully saturated rings. The SMILES string of the molecule is CCc1noc(CCCC(=O)N[C@@H]2C[C@H](CO)[C@@H](O)[C@H]2O)n1. The Morgan fingerprint density at radius 1 is 1.41 bits per heavy atom. The second-order valence-corrected chi connectivity index (χ2v) is 5.64. The van der Waals surface area contributed by atoms with E-state index in [0.29, 0.717) is 37.4 Å². The van der Waals surface area contributed by atoms with Gasteiger partial charge in [0.25, 0.3) is 0 Å². The molecule has 1 amide bonds. The Morgan fingerprint density at radius 2 is 2.18 bits per heavy atom. The van der Waals surface area contributed by atoms with E-state index in [2.05, 4.69) is 15.5 Å². The molecule has 2 rings (SSSR count). The number of amides is 1. The van der Waals surface area contributed by atoms with Crippen LogP contribution in [0.2, 0.25) is 0 Å². The molecule has 0 bridgehead atoms. The molecule has 4 atom stereocenters. The van der Waals surface area contributed by atoms with Gasteiger partial charge in [-0.15, -0.1) is 0 Å². The molecule has 1 saturated carbocycles. The summed E-state index contributed by atoms with van der Waals surface area (Å²) in [6.45, 7) is 1.73. The highest BCUT2D eigenvalue weighted by atomic mass is 16.5. The number of hydrogen-bond donors (Lipinski definition) is 4. The highest BCUT2D eigenvalue weighted by Gasteiger charge is 2.41. The van der Waals surface area contributed by atoms with Crippen molar-refractivity contribution in [2.75, 3.05) is 6.61 Å². The van der Waals surface area contributed by atoms with Crippen molar-refractivity contribution < 1.29 is 24.6 Å². The summed E-state index contributed by atoms with van der Waals surface area (Å²) in [7, 11) is 0. The third-order valence-corrected chi connectivity index (χ3v) is 4.00. The predicted octanol–water partition coefficient (Wildman–Crippen LogP) is -0.826. The van der Waals surface area contributed by atoms with Gasteiger partial charge in [0.05, 0.1) is 12.1 Å². The summed E-state index contributed by atoms with van der Waals surface area (Å²) in [5.74, 6) is 0.565. The Bertz CT molecular complexity index is 493. The fourth-order valence-electron chi connectivity index (χ4n) is 2.66. The number of carbonyl (C=O) groups excluding carboxylic acids is 1. The van der Waals surface area contributed by atoms with Crippen molar-refractivity contribution in [1.29, 1.82) is 0 Å². The predicted molar refractivity (Wildman–Crippen MR) is 75.8 cm³/mol. The van der Waals surface area contributed by atoms with Gasteiger partial charge < -0.3 is 25.2 Å². The van der Waals surface area contributed by atoms with Crippen molar-refractivity contribution in [2.24, 2.45) is 5.92 Å². The van der Waals surface area contributed by atoms with Gasteiger partial charge in [0, 0.05) is 31.8 Å². The summed E-state index contributed by atoms with van der Waals surface area (Å²) in [5, 5.41) is 35.1. The van der Waals surface area contributed by atoms with E-state index in [9.17, 15) is 15.0 Å². The number of aryl methyl sites for hydroxylation is 2. The molecule has 1 heterocycles. The highest BCUT2D eigenvalue weighted by molar-refractivity contribution is 5.76. The van der Waals surface area contributed by atoms with Crippen LogP contribution < -0.4 is 5.32 Å². The van der Waals surface area contributed by atoms with E-state index >= 15 is 0 Å². The average molecular weight is 313 g/mol. The molecular formula is C14H23N3O5. The van der Waals surface area contributed by atoms with Crippen molar-refractivity contribution in [2.45, 2.75) is 57.3 Å². The minimum Gasteiger partial charge on any atom is -0.396 e. The number of aliphatic hydroxyl groups excluding tert-OH is 3. The lowest BCUT2D eigenvalue weighted by atomic mass is 10.1. The van der Waals surface area contributed by atoms with Crippen molar-refractivity contribution in [3.63, 3.8) is 0 Å². The van der Waals surface area contributed by atoms with E-state index in [1.54, 1.807) is 0 Å². The van der Waals surface area contributed by atoms with E-state index in [1.165, 1.54) is 0 Å². The maximum Gasteiger partial charge on any atom is 0.226 e. The van der Waals surface area contributed by atoms with Crippen molar-refractivity contribution in [3.05, 3.63) is 11.7 Å². The van der Waals surface area contributed by atoms with Crippen LogP contribution >= 0.6 is 0 Å². The molecule has 0 radical (unpaired) electrons. The maximum atomic E-state index is 11.9. The molecule has 22 heavy (non-hydrogen) atoms. The smallest absolute Gasteiger partial charge is 0.226 e. The summed E-state index contributed by atoms with van der Waals surface area (Å²) in [4.78, 5) is 16.0. The van der Waals surface area contributed by atoms with E-state index in [0.717, 1.165) is 0 Å². The monoisotopic (exact) mass is 313 g/mol. The minimum absolute atomic E-state index is 0.204. The van der Waals surface area contributed by atoms with Gasteiger partial charge >= 0.3 is 0 Å². The summed E-state index contributed by atoms with van der Waals surface area (Å²) in [6.07, 6.45) is 0.394. The second kappa shape index (κ2) is 7.66. The Morgan fingerprint density at radius 3 is 2.77 bits per heavy atom. The van der Waals surface area contributed by atoms with Gasteiger partial charge in [-0.05, 0) is 12.8 Å². The van der Waals surface area contributed by atoms with Gasteiger partial charge in [-0.2, -0.15) is 4.98 Å². The maximum absolute atomic E-state index is 11.9. The lowest BCUT2D eigenvalue weighted by Crippen LogP contribution is -2.43. The lowest BCUT2D eigenvalue weighted by molar-refractivity contribution is -0.122. The zero-order valence-corrected chi connectivity index (χ0v) is 12.6. The van der Waals surface area contributed by atoms with Crippen LogP contribution in [-0.4, -0.2) is 56.2 Å². The number of carbonyl (C=O) groups is 1. The van der Waals surface area contributed by atoms with Crippen molar-refractivity contribution in [3.8, 4) is 0 Å². The molecule has 0 unspecified atom stereocenters. The molecular weight excluding hydrogens is 290 g/mol. The van der Waals surface area contributed by atoms with Crippen LogP contribution in [0.4, 0.5) is 0 Å². The van der Waals surface area contributed by atoms with Gasteiger partial charge in [0.15, 0.2) is 5.82 Å². The summed E-state index contributed by atoms with van der Waals surface area (Å²) < 4.78 is 5.04. The van der Waals surface area contributed by atoms with Crippen LogP contribution in [0.3, 0.4) is 0 Å². The number of nitrogens with one attached hydrogen (secondary N) is 1. The van der Waals surface area contributed by atoms with Crippen molar-refractivity contribution in [1.82, 2.24) is 15.5 Å². The number of aromatic nitrogens is 2.